The summed E-state index contributed by atoms with van der Waals surface area (Å²) in [6.45, 7) is 0.249. The van der Waals surface area contributed by atoms with Gasteiger partial charge in [0.25, 0.3) is 5.69 Å². The van der Waals surface area contributed by atoms with Crippen molar-refractivity contribution < 1.29 is 19.6 Å². The molecule has 0 fully saturated rings. The minimum absolute atomic E-state index is 0.201. The lowest BCUT2D eigenvalue weighted by molar-refractivity contribution is -0.384. The van der Waals surface area contributed by atoms with Gasteiger partial charge in [-0.15, -0.1) is 0 Å². The van der Waals surface area contributed by atoms with Crippen molar-refractivity contribution in [3.63, 3.8) is 0 Å². The van der Waals surface area contributed by atoms with Crippen LogP contribution in [-0.2, 0) is 16.0 Å². The van der Waals surface area contributed by atoms with Crippen LogP contribution in [0.15, 0.2) is 16.6 Å². The molecule has 0 aromatic heterocycles. The predicted octanol–water partition coefficient (Wildman–Crippen LogP) is 1.05. The number of hydrogen-bond donors (Lipinski definition) is 2. The molecular formula is C12H12BrN3O5. The smallest absolute Gasteiger partial charge is 0.305 e. The third-order valence-electron chi connectivity index (χ3n) is 3.18. The Kier molecular flexibility index (Phi) is 4.24. The summed E-state index contributed by atoms with van der Waals surface area (Å²) < 4.78 is 0.553. The van der Waals surface area contributed by atoms with Gasteiger partial charge in [-0.05, 0) is 18.1 Å². The fraction of sp³-hybridized carbons (Fsp3) is 0.333. The highest BCUT2D eigenvalue weighted by Crippen LogP contribution is 2.39. The van der Waals surface area contributed by atoms with Gasteiger partial charge in [0.1, 0.15) is 5.69 Å². The molecule has 2 rings (SSSR count). The molecule has 1 amide bonds. The van der Waals surface area contributed by atoms with Crippen molar-refractivity contribution in [2.24, 2.45) is 5.73 Å². The van der Waals surface area contributed by atoms with Crippen molar-refractivity contribution in [3.05, 3.63) is 32.3 Å². The second-order valence-corrected chi connectivity index (χ2v) is 5.55. The molecule has 1 aromatic rings. The van der Waals surface area contributed by atoms with Gasteiger partial charge < -0.3 is 15.7 Å². The molecule has 8 nitrogen and oxygen atoms in total. The van der Waals surface area contributed by atoms with Crippen LogP contribution < -0.4 is 10.6 Å². The van der Waals surface area contributed by atoms with Gasteiger partial charge in [0.05, 0.1) is 17.4 Å². The zero-order valence-electron chi connectivity index (χ0n) is 10.8. The second-order valence-electron chi connectivity index (χ2n) is 4.63. The number of benzene rings is 1. The summed E-state index contributed by atoms with van der Waals surface area (Å²) in [5, 5.41) is 19.8. The monoisotopic (exact) mass is 357 g/mol. The highest BCUT2D eigenvalue weighted by Gasteiger charge is 2.35. The lowest BCUT2D eigenvalue weighted by Crippen LogP contribution is -2.44. The van der Waals surface area contributed by atoms with E-state index >= 15 is 0 Å². The van der Waals surface area contributed by atoms with E-state index in [2.05, 4.69) is 15.9 Å². The molecule has 0 aliphatic carbocycles. The van der Waals surface area contributed by atoms with Crippen LogP contribution in [0, 0.1) is 10.1 Å². The number of carboxylic acid groups (broad SMARTS) is 1. The number of nitro benzene ring substituents is 1. The Bertz CT molecular complexity index is 634. The Morgan fingerprint density at radius 2 is 2.19 bits per heavy atom. The van der Waals surface area contributed by atoms with E-state index in [9.17, 15) is 19.7 Å². The number of nitrogens with two attached hydrogens (primary N) is 1. The van der Waals surface area contributed by atoms with E-state index in [1.807, 2.05) is 0 Å². The van der Waals surface area contributed by atoms with Gasteiger partial charge in [-0.25, -0.2) is 0 Å². The number of carboxylic acids is 1. The van der Waals surface area contributed by atoms with E-state index in [0.717, 1.165) is 0 Å². The fourth-order valence-electron chi connectivity index (χ4n) is 2.32. The average molecular weight is 358 g/mol. The van der Waals surface area contributed by atoms with Crippen molar-refractivity contribution in [1.29, 1.82) is 0 Å². The number of hydrogen-bond acceptors (Lipinski definition) is 5. The van der Waals surface area contributed by atoms with Gasteiger partial charge in [-0.1, -0.05) is 15.9 Å². The highest BCUT2D eigenvalue weighted by atomic mass is 79.9. The van der Waals surface area contributed by atoms with Crippen molar-refractivity contribution in [1.82, 2.24) is 0 Å². The van der Waals surface area contributed by atoms with E-state index in [-0.39, 0.29) is 17.9 Å². The van der Waals surface area contributed by atoms with Gasteiger partial charge in [0.15, 0.2) is 0 Å². The molecule has 1 atom stereocenters. The quantitative estimate of drug-likeness (QED) is 0.612. The van der Waals surface area contributed by atoms with Crippen molar-refractivity contribution in [2.45, 2.75) is 18.9 Å². The fourth-order valence-corrected chi connectivity index (χ4v) is 2.81. The van der Waals surface area contributed by atoms with Crippen molar-refractivity contribution in [3.8, 4) is 0 Å². The van der Waals surface area contributed by atoms with Crippen LogP contribution in [0.4, 0.5) is 11.4 Å². The van der Waals surface area contributed by atoms with Gasteiger partial charge >= 0.3 is 5.97 Å². The SMILES string of the molecule is N[C@@H](CC(=O)O)C(=O)N1CCc2cc(Br)cc([N+](=O)[O-])c21. The summed E-state index contributed by atoms with van der Waals surface area (Å²) in [6.07, 6.45) is -0.0594. The molecule has 21 heavy (non-hydrogen) atoms. The van der Waals surface area contributed by atoms with Gasteiger partial charge in [-0.3, -0.25) is 19.7 Å². The molecule has 1 heterocycles. The van der Waals surface area contributed by atoms with Crippen LogP contribution in [0.1, 0.15) is 12.0 Å². The van der Waals surface area contributed by atoms with Gasteiger partial charge in [0.2, 0.25) is 5.91 Å². The number of anilines is 1. The molecule has 0 bridgehead atoms. The first kappa shape index (κ1) is 15.4. The molecule has 9 heteroatoms. The van der Waals surface area contributed by atoms with Gasteiger partial charge in [-0.2, -0.15) is 0 Å². The summed E-state index contributed by atoms with van der Waals surface area (Å²) in [5.41, 5.74) is 6.22. The maximum Gasteiger partial charge on any atom is 0.305 e. The number of carbonyl (C=O) groups is 2. The van der Waals surface area contributed by atoms with Gasteiger partial charge in [0, 0.05) is 17.1 Å². The van der Waals surface area contributed by atoms with Crippen LogP contribution in [-0.4, -0.2) is 34.5 Å². The van der Waals surface area contributed by atoms with Crippen LogP contribution in [0.5, 0.6) is 0 Å². The van der Waals surface area contributed by atoms with E-state index in [1.54, 1.807) is 6.07 Å². The molecular weight excluding hydrogens is 346 g/mol. The number of halogens is 1. The molecule has 112 valence electrons. The Balaban J connectivity index is 2.39. The standard InChI is InChI=1S/C12H12BrN3O5/c13-7-3-6-1-2-15(11(6)9(4-7)16(20)21)12(19)8(14)5-10(17)18/h3-4,8H,1-2,5,14H2,(H,17,18)/t8-/m0/s1. The lowest BCUT2D eigenvalue weighted by Gasteiger charge is -2.20. The molecule has 0 saturated heterocycles. The maximum absolute atomic E-state index is 12.2. The molecule has 3 N–H and O–H groups in total. The first-order valence-electron chi connectivity index (χ1n) is 6.07. The summed E-state index contributed by atoms with van der Waals surface area (Å²) in [7, 11) is 0. The average Bonchev–Trinajstić information content (AvgIpc) is 2.79. The zero-order chi connectivity index (χ0) is 15.7. The van der Waals surface area contributed by atoms with Crippen LogP contribution in [0.2, 0.25) is 0 Å². The number of amides is 1. The molecule has 1 aliphatic rings. The zero-order valence-corrected chi connectivity index (χ0v) is 12.4. The number of aliphatic carboxylic acids is 1. The van der Waals surface area contributed by atoms with Crippen molar-refractivity contribution >= 4 is 39.2 Å². The summed E-state index contributed by atoms with van der Waals surface area (Å²) in [4.78, 5) is 34.6. The topological polar surface area (TPSA) is 127 Å². The molecule has 0 radical (unpaired) electrons. The maximum atomic E-state index is 12.2. The first-order valence-corrected chi connectivity index (χ1v) is 6.86. The molecule has 1 aliphatic heterocycles. The number of rotatable bonds is 4. The number of carbonyl (C=O) groups excluding carboxylic acids is 1. The Labute approximate surface area is 127 Å². The predicted molar refractivity (Wildman–Crippen MR) is 77.1 cm³/mol. The Hall–Kier alpha value is -2.00. The van der Waals surface area contributed by atoms with Crippen LogP contribution >= 0.6 is 15.9 Å². The third-order valence-corrected chi connectivity index (χ3v) is 3.64. The number of fused-ring (bicyclic) bond motifs is 1. The largest absolute Gasteiger partial charge is 0.481 e. The van der Waals surface area contributed by atoms with E-state index in [1.165, 1.54) is 11.0 Å². The van der Waals surface area contributed by atoms with E-state index in [0.29, 0.717) is 16.5 Å². The van der Waals surface area contributed by atoms with Crippen molar-refractivity contribution in [2.75, 3.05) is 11.4 Å². The summed E-state index contributed by atoms with van der Waals surface area (Å²) >= 11 is 3.19. The normalized spacial score (nSPS) is 14.7. The first-order chi connectivity index (χ1) is 9.81. The molecule has 0 unspecified atom stereocenters. The highest BCUT2D eigenvalue weighted by molar-refractivity contribution is 9.10. The summed E-state index contributed by atoms with van der Waals surface area (Å²) in [5.74, 6) is -1.82. The second kappa shape index (κ2) is 5.78. The number of nitro groups is 1. The van der Waals surface area contributed by atoms with E-state index in [4.69, 9.17) is 10.8 Å². The summed E-state index contributed by atoms with van der Waals surface area (Å²) in [6, 6.07) is 1.79. The molecule has 1 aromatic carbocycles. The lowest BCUT2D eigenvalue weighted by atomic mass is 10.1. The Morgan fingerprint density at radius 1 is 1.52 bits per heavy atom. The van der Waals surface area contributed by atoms with Crippen LogP contribution in [0.3, 0.4) is 0 Å². The third kappa shape index (κ3) is 3.03. The Morgan fingerprint density at radius 3 is 2.76 bits per heavy atom. The minimum atomic E-state index is -1.23. The number of nitrogens with zero attached hydrogens (tertiary/aromatic N) is 2. The molecule has 0 saturated carbocycles. The van der Waals surface area contributed by atoms with E-state index < -0.39 is 29.3 Å². The van der Waals surface area contributed by atoms with Crippen LogP contribution in [0.25, 0.3) is 0 Å². The molecule has 0 spiro atoms. The minimum Gasteiger partial charge on any atom is -0.481 e.